The van der Waals surface area contributed by atoms with E-state index in [0.717, 1.165) is 39.8 Å². The maximum absolute atomic E-state index is 12.2. The Hall–Kier alpha value is -2.53. The van der Waals surface area contributed by atoms with E-state index < -0.39 is 0 Å². The van der Waals surface area contributed by atoms with Gasteiger partial charge in [-0.1, -0.05) is 56.4 Å². The molecular weight excluding hydrogens is 354 g/mol. The Balaban J connectivity index is 1.81. The molecule has 0 spiro atoms. The number of aromatic nitrogens is 2. The maximum Gasteiger partial charge on any atom is 0.228 e. The molecule has 1 fully saturated rings. The molecule has 3 aromatic rings. The SMILES string of the molecule is CC(C)(C)c1ccc(-c2nc(N3CCCC3=O)sc2-c2ccncc2)cc1. The number of rotatable bonds is 3. The molecule has 138 valence electrons. The number of carbonyl (C=O) groups is 1. The van der Waals surface area contributed by atoms with Gasteiger partial charge >= 0.3 is 0 Å². The molecule has 27 heavy (non-hydrogen) atoms. The zero-order valence-corrected chi connectivity index (χ0v) is 16.7. The van der Waals surface area contributed by atoms with Crippen molar-refractivity contribution in [2.75, 3.05) is 11.4 Å². The minimum absolute atomic E-state index is 0.113. The van der Waals surface area contributed by atoms with Crippen LogP contribution in [0, 0.1) is 0 Å². The average Bonchev–Trinajstić information content (AvgIpc) is 3.28. The van der Waals surface area contributed by atoms with Gasteiger partial charge in [0.25, 0.3) is 0 Å². The van der Waals surface area contributed by atoms with Crippen molar-refractivity contribution in [1.82, 2.24) is 9.97 Å². The largest absolute Gasteiger partial charge is 0.288 e. The molecular formula is C22H23N3OS. The molecule has 0 unspecified atom stereocenters. The molecule has 0 bridgehead atoms. The van der Waals surface area contributed by atoms with Crippen molar-refractivity contribution in [3.05, 3.63) is 54.4 Å². The van der Waals surface area contributed by atoms with Crippen molar-refractivity contribution in [2.24, 2.45) is 0 Å². The van der Waals surface area contributed by atoms with Crippen molar-refractivity contribution in [3.63, 3.8) is 0 Å². The summed E-state index contributed by atoms with van der Waals surface area (Å²) in [6.45, 7) is 7.39. The molecule has 1 aliphatic rings. The number of amides is 1. The van der Waals surface area contributed by atoms with E-state index in [-0.39, 0.29) is 11.3 Å². The molecule has 1 amide bonds. The molecule has 0 saturated carbocycles. The summed E-state index contributed by atoms with van der Waals surface area (Å²) in [4.78, 5) is 24.1. The van der Waals surface area contributed by atoms with Gasteiger partial charge in [0.1, 0.15) is 0 Å². The Labute approximate surface area is 163 Å². The third kappa shape index (κ3) is 3.52. The predicted molar refractivity (Wildman–Crippen MR) is 111 cm³/mol. The lowest BCUT2D eigenvalue weighted by Crippen LogP contribution is -2.23. The summed E-state index contributed by atoms with van der Waals surface area (Å²) < 4.78 is 0. The fraction of sp³-hybridized carbons (Fsp3) is 0.318. The quantitative estimate of drug-likeness (QED) is 0.622. The Morgan fingerprint density at radius 1 is 1.00 bits per heavy atom. The van der Waals surface area contributed by atoms with Crippen molar-refractivity contribution >= 4 is 22.4 Å². The highest BCUT2D eigenvalue weighted by molar-refractivity contribution is 7.19. The van der Waals surface area contributed by atoms with Crippen LogP contribution in [0.1, 0.15) is 39.2 Å². The molecule has 4 rings (SSSR count). The zero-order chi connectivity index (χ0) is 19.0. The van der Waals surface area contributed by atoms with Gasteiger partial charge in [0.2, 0.25) is 5.91 Å². The van der Waals surface area contributed by atoms with E-state index in [1.54, 1.807) is 23.7 Å². The number of benzene rings is 1. The minimum atomic E-state index is 0.113. The first-order chi connectivity index (χ1) is 12.9. The summed E-state index contributed by atoms with van der Waals surface area (Å²) >= 11 is 1.58. The van der Waals surface area contributed by atoms with Crippen molar-refractivity contribution in [3.8, 4) is 21.7 Å². The fourth-order valence-corrected chi connectivity index (χ4v) is 4.43. The highest BCUT2D eigenvalue weighted by Crippen LogP contribution is 2.41. The lowest BCUT2D eigenvalue weighted by molar-refractivity contribution is -0.117. The maximum atomic E-state index is 12.2. The molecule has 1 saturated heterocycles. The van der Waals surface area contributed by atoms with Gasteiger partial charge in [0.05, 0.1) is 10.6 Å². The normalized spacial score (nSPS) is 14.8. The minimum Gasteiger partial charge on any atom is -0.288 e. The third-order valence-corrected chi connectivity index (χ3v) is 6.01. The van der Waals surface area contributed by atoms with Crippen LogP contribution in [-0.4, -0.2) is 22.4 Å². The summed E-state index contributed by atoms with van der Waals surface area (Å²) in [7, 11) is 0. The highest BCUT2D eigenvalue weighted by Gasteiger charge is 2.27. The second-order valence-electron chi connectivity index (χ2n) is 7.89. The molecule has 0 radical (unpaired) electrons. The summed E-state index contributed by atoms with van der Waals surface area (Å²) in [5, 5.41) is 0.791. The summed E-state index contributed by atoms with van der Waals surface area (Å²) in [6.07, 6.45) is 5.10. The van der Waals surface area contributed by atoms with E-state index in [2.05, 4.69) is 50.0 Å². The van der Waals surface area contributed by atoms with Crippen LogP contribution < -0.4 is 4.90 Å². The zero-order valence-electron chi connectivity index (χ0n) is 15.9. The summed E-state index contributed by atoms with van der Waals surface area (Å²) in [5.74, 6) is 0.166. The van der Waals surface area contributed by atoms with Gasteiger partial charge in [-0.2, -0.15) is 0 Å². The van der Waals surface area contributed by atoms with E-state index in [4.69, 9.17) is 4.98 Å². The molecule has 5 heteroatoms. The van der Waals surface area contributed by atoms with Crippen molar-refractivity contribution < 1.29 is 4.79 Å². The van der Waals surface area contributed by atoms with Crippen LogP contribution in [-0.2, 0) is 10.2 Å². The number of anilines is 1. The number of thiazole rings is 1. The number of pyridine rings is 1. The Morgan fingerprint density at radius 3 is 2.30 bits per heavy atom. The number of hydrogen-bond donors (Lipinski definition) is 0. The van der Waals surface area contributed by atoms with Crippen LogP contribution in [0.3, 0.4) is 0 Å². The molecule has 1 aromatic carbocycles. The van der Waals surface area contributed by atoms with Crippen LogP contribution in [0.5, 0.6) is 0 Å². The van der Waals surface area contributed by atoms with Gasteiger partial charge in [-0.25, -0.2) is 4.98 Å². The van der Waals surface area contributed by atoms with E-state index in [0.29, 0.717) is 6.42 Å². The van der Waals surface area contributed by atoms with Crippen LogP contribution in [0.4, 0.5) is 5.13 Å². The van der Waals surface area contributed by atoms with Crippen LogP contribution in [0.2, 0.25) is 0 Å². The molecule has 0 aliphatic carbocycles. The Morgan fingerprint density at radius 2 is 1.70 bits per heavy atom. The van der Waals surface area contributed by atoms with Crippen LogP contribution in [0.25, 0.3) is 21.7 Å². The van der Waals surface area contributed by atoms with Gasteiger partial charge < -0.3 is 0 Å². The molecule has 2 aromatic heterocycles. The first-order valence-corrected chi connectivity index (χ1v) is 10.1. The van der Waals surface area contributed by atoms with Gasteiger partial charge in [0.15, 0.2) is 5.13 Å². The van der Waals surface area contributed by atoms with Crippen molar-refractivity contribution in [1.29, 1.82) is 0 Å². The third-order valence-electron chi connectivity index (χ3n) is 4.89. The second kappa shape index (κ2) is 6.89. The van der Waals surface area contributed by atoms with Gasteiger partial charge in [0, 0.05) is 30.9 Å². The topological polar surface area (TPSA) is 46.1 Å². The van der Waals surface area contributed by atoms with Gasteiger partial charge in [-0.15, -0.1) is 0 Å². The molecule has 4 nitrogen and oxygen atoms in total. The Bertz CT molecular complexity index is 955. The highest BCUT2D eigenvalue weighted by atomic mass is 32.1. The molecule has 0 N–H and O–H groups in total. The number of carbonyl (C=O) groups excluding carboxylic acids is 1. The smallest absolute Gasteiger partial charge is 0.228 e. The average molecular weight is 378 g/mol. The standard InChI is InChI=1S/C22H23N3OS/c1-22(2,3)17-8-6-15(7-9-17)19-20(16-10-12-23-13-11-16)27-21(24-19)25-14-4-5-18(25)26/h6-13H,4-5,14H2,1-3H3. The summed E-state index contributed by atoms with van der Waals surface area (Å²) in [5.41, 5.74) is 4.49. The van der Waals surface area contributed by atoms with E-state index >= 15 is 0 Å². The monoisotopic (exact) mass is 377 g/mol. The second-order valence-corrected chi connectivity index (χ2v) is 8.86. The van der Waals surface area contributed by atoms with E-state index in [9.17, 15) is 4.79 Å². The lowest BCUT2D eigenvalue weighted by atomic mass is 9.86. The van der Waals surface area contributed by atoms with Gasteiger partial charge in [-0.3, -0.25) is 14.7 Å². The molecule has 0 atom stereocenters. The molecule has 3 heterocycles. The van der Waals surface area contributed by atoms with Crippen molar-refractivity contribution in [2.45, 2.75) is 39.0 Å². The van der Waals surface area contributed by atoms with Crippen LogP contribution >= 0.6 is 11.3 Å². The first-order valence-electron chi connectivity index (χ1n) is 9.26. The lowest BCUT2D eigenvalue weighted by Gasteiger charge is -2.19. The van der Waals surface area contributed by atoms with Crippen LogP contribution in [0.15, 0.2) is 48.8 Å². The number of hydrogen-bond acceptors (Lipinski definition) is 4. The molecule has 1 aliphatic heterocycles. The Kier molecular flexibility index (Phi) is 4.56. The van der Waals surface area contributed by atoms with Gasteiger partial charge in [-0.05, 0) is 35.1 Å². The fourth-order valence-electron chi connectivity index (χ4n) is 3.30. The predicted octanol–water partition coefficient (Wildman–Crippen LogP) is 5.30. The summed E-state index contributed by atoms with van der Waals surface area (Å²) in [6, 6.07) is 12.6. The van der Waals surface area contributed by atoms with E-state index in [1.807, 2.05) is 17.0 Å². The van der Waals surface area contributed by atoms with E-state index in [1.165, 1.54) is 5.56 Å². The number of nitrogens with zero attached hydrogens (tertiary/aromatic N) is 3. The first kappa shape index (κ1) is 17.9.